The van der Waals surface area contributed by atoms with Crippen LogP contribution >= 0.6 is 34.8 Å². The van der Waals surface area contributed by atoms with Gasteiger partial charge in [-0.25, -0.2) is 0 Å². The Labute approximate surface area is 149 Å². The minimum Gasteiger partial charge on any atom is -0.503 e. The third-order valence-electron chi connectivity index (χ3n) is 2.97. The highest BCUT2D eigenvalue weighted by molar-refractivity contribution is 6.36. The van der Waals surface area contributed by atoms with Crippen LogP contribution in [0.4, 0.5) is 0 Å². The molecule has 0 aromatic heterocycles. The molecule has 0 saturated carbocycles. The van der Waals surface area contributed by atoms with Gasteiger partial charge in [-0.3, -0.25) is 0 Å². The number of ether oxygens (including phenoxy) is 1. The second-order valence-corrected chi connectivity index (χ2v) is 5.80. The summed E-state index contributed by atoms with van der Waals surface area (Å²) in [6, 6.07) is 8.56. The molecule has 2 N–H and O–H groups in total. The van der Waals surface area contributed by atoms with E-state index in [0.29, 0.717) is 34.5 Å². The average molecular weight is 374 g/mol. The Balaban J connectivity index is 2.06. The lowest BCUT2D eigenvalue weighted by Gasteiger charge is -2.08. The van der Waals surface area contributed by atoms with Crippen LogP contribution in [0.5, 0.6) is 11.5 Å². The van der Waals surface area contributed by atoms with Crippen molar-refractivity contribution < 1.29 is 9.84 Å². The van der Waals surface area contributed by atoms with E-state index in [2.05, 4.69) is 10.5 Å². The van der Waals surface area contributed by atoms with Crippen molar-refractivity contribution in [1.82, 2.24) is 5.43 Å². The van der Waals surface area contributed by atoms with E-state index in [-0.39, 0.29) is 10.8 Å². The SMILES string of the molecule is CCOc1cc(/C=N\NCc2c(Cl)cccc2Cl)cc(Cl)c1O. The van der Waals surface area contributed by atoms with Gasteiger partial charge >= 0.3 is 0 Å². The Morgan fingerprint density at radius 3 is 2.52 bits per heavy atom. The predicted octanol–water partition coefficient (Wildman–Crippen LogP) is 4.87. The standard InChI is InChI=1S/C16H15Cl3N2O2/c1-2-23-15-7-10(6-14(19)16(15)22)8-20-21-9-11-12(17)4-3-5-13(11)18/h3-8,21-22H,2,9H2,1H3/b20-8-. The molecular weight excluding hydrogens is 359 g/mol. The number of halogens is 3. The first-order valence-electron chi connectivity index (χ1n) is 6.87. The van der Waals surface area contributed by atoms with Gasteiger partial charge in [-0.2, -0.15) is 5.10 Å². The van der Waals surface area contributed by atoms with Crippen molar-refractivity contribution in [2.45, 2.75) is 13.5 Å². The van der Waals surface area contributed by atoms with Gasteiger partial charge in [0.15, 0.2) is 11.5 Å². The van der Waals surface area contributed by atoms with E-state index < -0.39 is 0 Å². The van der Waals surface area contributed by atoms with Crippen LogP contribution in [0.15, 0.2) is 35.4 Å². The number of rotatable bonds is 6. The first-order valence-corrected chi connectivity index (χ1v) is 8.00. The van der Waals surface area contributed by atoms with Crippen molar-refractivity contribution in [2.75, 3.05) is 6.61 Å². The summed E-state index contributed by atoms with van der Waals surface area (Å²) in [5.74, 6) is 0.233. The maximum Gasteiger partial charge on any atom is 0.176 e. The van der Waals surface area contributed by atoms with Gasteiger partial charge in [0.2, 0.25) is 0 Å². The van der Waals surface area contributed by atoms with E-state index in [4.69, 9.17) is 39.5 Å². The summed E-state index contributed by atoms with van der Waals surface area (Å²) in [7, 11) is 0. The fourth-order valence-corrected chi connectivity index (χ4v) is 2.63. The van der Waals surface area contributed by atoms with Crippen molar-refractivity contribution in [3.05, 3.63) is 56.5 Å². The van der Waals surface area contributed by atoms with E-state index in [1.807, 2.05) is 6.92 Å². The highest BCUT2D eigenvalue weighted by atomic mass is 35.5. The van der Waals surface area contributed by atoms with Crippen LogP contribution < -0.4 is 10.2 Å². The summed E-state index contributed by atoms with van der Waals surface area (Å²) in [5, 5.41) is 15.2. The summed E-state index contributed by atoms with van der Waals surface area (Å²) in [6.07, 6.45) is 1.57. The second kappa shape index (κ2) is 8.29. The maximum absolute atomic E-state index is 9.79. The molecule has 0 saturated heterocycles. The van der Waals surface area contributed by atoms with Crippen LogP contribution in [0.2, 0.25) is 15.1 Å². The molecule has 0 fully saturated rings. The lowest BCUT2D eigenvalue weighted by Crippen LogP contribution is -2.06. The van der Waals surface area contributed by atoms with Gasteiger partial charge < -0.3 is 15.3 Å². The largest absolute Gasteiger partial charge is 0.503 e. The van der Waals surface area contributed by atoms with Gasteiger partial charge in [0.25, 0.3) is 0 Å². The average Bonchev–Trinajstić information content (AvgIpc) is 2.51. The molecule has 0 bridgehead atoms. The smallest absolute Gasteiger partial charge is 0.176 e. The number of benzene rings is 2. The molecule has 2 aromatic carbocycles. The van der Waals surface area contributed by atoms with Crippen LogP contribution in [0.25, 0.3) is 0 Å². The summed E-state index contributed by atoms with van der Waals surface area (Å²) in [6.45, 7) is 2.63. The highest BCUT2D eigenvalue weighted by Crippen LogP contribution is 2.34. The fourth-order valence-electron chi connectivity index (χ4n) is 1.88. The molecular formula is C16H15Cl3N2O2. The van der Waals surface area contributed by atoms with Gasteiger partial charge in [0, 0.05) is 15.6 Å². The molecule has 4 nitrogen and oxygen atoms in total. The topological polar surface area (TPSA) is 53.8 Å². The van der Waals surface area contributed by atoms with Crippen LogP contribution in [-0.4, -0.2) is 17.9 Å². The number of aromatic hydroxyl groups is 1. The van der Waals surface area contributed by atoms with Gasteiger partial charge in [0.1, 0.15) is 0 Å². The van der Waals surface area contributed by atoms with Gasteiger partial charge in [0.05, 0.1) is 24.4 Å². The molecule has 0 atom stereocenters. The van der Waals surface area contributed by atoms with Crippen LogP contribution in [0.1, 0.15) is 18.1 Å². The number of phenolic OH excluding ortho intramolecular Hbond substituents is 1. The molecule has 122 valence electrons. The Morgan fingerprint density at radius 2 is 1.87 bits per heavy atom. The number of hydrogen-bond donors (Lipinski definition) is 2. The minimum atomic E-state index is -0.0820. The molecule has 0 amide bonds. The van der Waals surface area contributed by atoms with Crippen molar-refractivity contribution in [1.29, 1.82) is 0 Å². The monoisotopic (exact) mass is 372 g/mol. The number of phenols is 1. The van der Waals surface area contributed by atoms with E-state index in [1.165, 1.54) is 0 Å². The number of nitrogens with one attached hydrogen (secondary N) is 1. The lowest BCUT2D eigenvalue weighted by atomic mass is 10.2. The predicted molar refractivity (Wildman–Crippen MR) is 95.2 cm³/mol. The summed E-state index contributed by atoms with van der Waals surface area (Å²) in [5.41, 5.74) is 4.33. The molecule has 0 heterocycles. The molecule has 2 rings (SSSR count). The Hall–Kier alpha value is -1.62. The van der Waals surface area contributed by atoms with Gasteiger partial charge in [-0.15, -0.1) is 0 Å². The van der Waals surface area contributed by atoms with E-state index in [0.717, 1.165) is 5.56 Å². The second-order valence-electron chi connectivity index (χ2n) is 4.58. The van der Waals surface area contributed by atoms with Crippen molar-refractivity contribution in [2.24, 2.45) is 5.10 Å². The third kappa shape index (κ3) is 4.67. The van der Waals surface area contributed by atoms with Gasteiger partial charge in [-0.05, 0) is 36.8 Å². The van der Waals surface area contributed by atoms with Crippen LogP contribution in [-0.2, 0) is 6.54 Å². The summed E-state index contributed by atoms with van der Waals surface area (Å²) >= 11 is 18.1. The zero-order valence-electron chi connectivity index (χ0n) is 12.3. The van der Waals surface area contributed by atoms with Crippen molar-refractivity contribution >= 4 is 41.0 Å². The molecule has 0 radical (unpaired) electrons. The number of hydrazone groups is 1. The van der Waals surface area contributed by atoms with Crippen LogP contribution in [0.3, 0.4) is 0 Å². The zero-order valence-corrected chi connectivity index (χ0v) is 14.6. The van der Waals surface area contributed by atoms with Gasteiger partial charge in [-0.1, -0.05) is 40.9 Å². The molecule has 0 aliphatic heterocycles. The summed E-state index contributed by atoms with van der Waals surface area (Å²) < 4.78 is 5.31. The number of nitrogens with zero attached hydrogens (tertiary/aromatic N) is 1. The Bertz CT molecular complexity index is 700. The Kier molecular flexibility index (Phi) is 6.39. The summed E-state index contributed by atoms with van der Waals surface area (Å²) in [4.78, 5) is 0. The molecule has 7 heteroatoms. The normalized spacial score (nSPS) is 11.0. The highest BCUT2D eigenvalue weighted by Gasteiger charge is 2.08. The Morgan fingerprint density at radius 1 is 1.17 bits per heavy atom. The maximum atomic E-state index is 9.79. The molecule has 23 heavy (non-hydrogen) atoms. The zero-order chi connectivity index (χ0) is 16.8. The first kappa shape index (κ1) is 17.7. The molecule has 0 aliphatic carbocycles. The minimum absolute atomic E-state index is 0.0820. The van der Waals surface area contributed by atoms with Crippen molar-refractivity contribution in [3.8, 4) is 11.5 Å². The molecule has 0 unspecified atom stereocenters. The lowest BCUT2D eigenvalue weighted by molar-refractivity contribution is 0.318. The quantitative estimate of drug-likeness (QED) is 0.561. The third-order valence-corrected chi connectivity index (χ3v) is 3.97. The van der Waals surface area contributed by atoms with E-state index >= 15 is 0 Å². The van der Waals surface area contributed by atoms with E-state index in [1.54, 1.807) is 36.5 Å². The van der Waals surface area contributed by atoms with E-state index in [9.17, 15) is 5.11 Å². The van der Waals surface area contributed by atoms with Crippen molar-refractivity contribution in [3.63, 3.8) is 0 Å². The van der Waals surface area contributed by atoms with Crippen LogP contribution in [0, 0.1) is 0 Å². The molecule has 2 aromatic rings. The fraction of sp³-hybridized carbons (Fsp3) is 0.188. The molecule has 0 aliphatic rings. The number of hydrogen-bond acceptors (Lipinski definition) is 4. The first-order chi connectivity index (χ1) is 11.0. The molecule has 0 spiro atoms.